The summed E-state index contributed by atoms with van der Waals surface area (Å²) in [7, 11) is 1.68. The topological polar surface area (TPSA) is 42.0 Å². The average molecular weight is 324 g/mol. The molecule has 24 heavy (non-hydrogen) atoms. The van der Waals surface area contributed by atoms with Crippen molar-refractivity contribution in [1.29, 1.82) is 0 Å². The van der Waals surface area contributed by atoms with E-state index < -0.39 is 0 Å². The van der Waals surface area contributed by atoms with Crippen LogP contribution in [0.5, 0.6) is 5.75 Å². The van der Waals surface area contributed by atoms with Crippen molar-refractivity contribution in [2.24, 2.45) is 0 Å². The van der Waals surface area contributed by atoms with Crippen molar-refractivity contribution in [3.8, 4) is 5.75 Å². The first kappa shape index (κ1) is 15.0. The van der Waals surface area contributed by atoms with E-state index in [1.54, 1.807) is 7.11 Å². The summed E-state index contributed by atoms with van der Waals surface area (Å²) in [4.78, 5) is 16.6. The van der Waals surface area contributed by atoms with Crippen molar-refractivity contribution in [3.05, 3.63) is 59.7 Å². The molecule has 5 nitrogen and oxygen atoms in total. The Labute approximate surface area is 141 Å². The zero-order chi connectivity index (χ0) is 16.5. The molecule has 2 heterocycles. The Morgan fingerprint density at radius 3 is 2.62 bits per heavy atom. The second-order valence-electron chi connectivity index (χ2n) is 6.07. The van der Waals surface area contributed by atoms with Crippen LogP contribution in [0, 0.1) is 0 Å². The Hall–Kier alpha value is -2.53. The molecule has 1 fully saturated rings. The summed E-state index contributed by atoms with van der Waals surface area (Å²) in [5.74, 6) is 0.652. The number of benzene rings is 2. The average Bonchev–Trinajstić information content (AvgIpc) is 2.99. The minimum atomic E-state index is -0.249. The standard InChI is InChI=1S/C19H20N2O3/c1-23-15-6-4-5-14(13-15)20-9-11-21(12-10-20)18-16-7-2-3-8-17(16)19(22)24-18/h2-8,13,18H,9-12H2,1H3/t18-/m1/s1. The van der Waals surface area contributed by atoms with Gasteiger partial charge in [0, 0.05) is 43.5 Å². The fourth-order valence-corrected chi connectivity index (χ4v) is 3.42. The summed E-state index contributed by atoms with van der Waals surface area (Å²) in [5, 5.41) is 0. The summed E-state index contributed by atoms with van der Waals surface area (Å²) in [6.07, 6.45) is -0.249. The summed E-state index contributed by atoms with van der Waals surface area (Å²) in [6.45, 7) is 3.49. The molecular formula is C19H20N2O3. The van der Waals surface area contributed by atoms with Gasteiger partial charge in [0.15, 0.2) is 6.23 Å². The van der Waals surface area contributed by atoms with E-state index in [4.69, 9.17) is 9.47 Å². The summed E-state index contributed by atoms with van der Waals surface area (Å²) in [5.41, 5.74) is 2.84. The van der Waals surface area contributed by atoms with E-state index in [-0.39, 0.29) is 12.2 Å². The number of fused-ring (bicyclic) bond motifs is 1. The molecule has 0 aliphatic carbocycles. The lowest BCUT2D eigenvalue weighted by Gasteiger charge is -2.38. The molecule has 124 valence electrons. The predicted molar refractivity (Wildman–Crippen MR) is 91.4 cm³/mol. The summed E-state index contributed by atoms with van der Waals surface area (Å²) >= 11 is 0. The van der Waals surface area contributed by atoms with Gasteiger partial charge in [0.2, 0.25) is 0 Å². The van der Waals surface area contributed by atoms with Gasteiger partial charge in [-0.05, 0) is 18.2 Å². The molecule has 0 amide bonds. The van der Waals surface area contributed by atoms with Crippen molar-refractivity contribution in [3.63, 3.8) is 0 Å². The zero-order valence-electron chi connectivity index (χ0n) is 13.6. The van der Waals surface area contributed by atoms with Gasteiger partial charge in [-0.2, -0.15) is 0 Å². The van der Waals surface area contributed by atoms with Crippen LogP contribution in [0.2, 0.25) is 0 Å². The second kappa shape index (κ2) is 6.17. The van der Waals surface area contributed by atoms with E-state index in [1.807, 2.05) is 36.4 Å². The highest BCUT2D eigenvalue weighted by Gasteiger charge is 2.36. The fraction of sp³-hybridized carbons (Fsp3) is 0.316. The van der Waals surface area contributed by atoms with Crippen LogP contribution in [0.4, 0.5) is 5.69 Å². The molecule has 2 aromatic rings. The first-order valence-electron chi connectivity index (χ1n) is 8.19. The molecule has 5 heteroatoms. The monoisotopic (exact) mass is 324 g/mol. The number of methoxy groups -OCH3 is 1. The summed E-state index contributed by atoms with van der Waals surface area (Å²) < 4.78 is 10.9. The lowest BCUT2D eigenvalue weighted by molar-refractivity contribution is -0.0250. The maximum absolute atomic E-state index is 12.0. The molecule has 2 aromatic carbocycles. The quantitative estimate of drug-likeness (QED) is 0.812. The van der Waals surface area contributed by atoms with Gasteiger partial charge < -0.3 is 14.4 Å². The lowest BCUT2D eigenvalue weighted by Crippen LogP contribution is -2.47. The third-order valence-corrected chi connectivity index (χ3v) is 4.73. The molecule has 0 spiro atoms. The second-order valence-corrected chi connectivity index (χ2v) is 6.07. The van der Waals surface area contributed by atoms with E-state index in [9.17, 15) is 4.79 Å². The number of rotatable bonds is 3. The first-order valence-corrected chi connectivity index (χ1v) is 8.19. The highest BCUT2D eigenvalue weighted by molar-refractivity contribution is 5.93. The molecule has 2 aliphatic rings. The number of anilines is 1. The Kier molecular flexibility index (Phi) is 3.86. The Balaban J connectivity index is 1.46. The molecular weight excluding hydrogens is 304 g/mol. The summed E-state index contributed by atoms with van der Waals surface area (Å²) in [6, 6.07) is 15.8. The normalized spacial score (nSPS) is 20.6. The third-order valence-electron chi connectivity index (χ3n) is 4.73. The van der Waals surface area contributed by atoms with Crippen LogP contribution in [0.25, 0.3) is 0 Å². The minimum Gasteiger partial charge on any atom is -0.497 e. The minimum absolute atomic E-state index is 0.217. The van der Waals surface area contributed by atoms with Crippen LogP contribution >= 0.6 is 0 Å². The van der Waals surface area contributed by atoms with Crippen molar-refractivity contribution >= 4 is 11.7 Å². The van der Waals surface area contributed by atoms with Gasteiger partial charge in [0.05, 0.1) is 12.7 Å². The SMILES string of the molecule is COc1cccc(N2CCN([C@@H]3OC(=O)c4ccccc43)CC2)c1. The number of nitrogens with zero attached hydrogens (tertiary/aromatic N) is 2. The third kappa shape index (κ3) is 2.61. The van der Waals surface area contributed by atoms with Gasteiger partial charge in [-0.15, -0.1) is 0 Å². The van der Waals surface area contributed by atoms with Gasteiger partial charge in [-0.25, -0.2) is 4.79 Å². The van der Waals surface area contributed by atoms with Crippen LogP contribution in [0.3, 0.4) is 0 Å². The van der Waals surface area contributed by atoms with E-state index in [0.29, 0.717) is 5.56 Å². The molecule has 2 aliphatic heterocycles. The maximum atomic E-state index is 12.0. The van der Waals surface area contributed by atoms with Gasteiger partial charge in [-0.3, -0.25) is 4.90 Å². The highest BCUT2D eigenvalue weighted by Crippen LogP contribution is 2.34. The number of piperazine rings is 1. The number of esters is 1. The van der Waals surface area contributed by atoms with Crippen molar-refractivity contribution in [2.45, 2.75) is 6.23 Å². The maximum Gasteiger partial charge on any atom is 0.340 e. The molecule has 0 aromatic heterocycles. The molecule has 1 saturated heterocycles. The van der Waals surface area contributed by atoms with E-state index in [1.165, 1.54) is 0 Å². The van der Waals surface area contributed by atoms with Crippen LogP contribution in [0.15, 0.2) is 48.5 Å². The molecule has 0 unspecified atom stereocenters. The molecule has 0 radical (unpaired) electrons. The van der Waals surface area contributed by atoms with Crippen LogP contribution in [-0.2, 0) is 4.74 Å². The number of hydrogen-bond donors (Lipinski definition) is 0. The van der Waals surface area contributed by atoms with Crippen LogP contribution < -0.4 is 9.64 Å². The molecule has 0 bridgehead atoms. The Bertz CT molecular complexity index is 754. The van der Waals surface area contributed by atoms with E-state index >= 15 is 0 Å². The number of ether oxygens (including phenoxy) is 2. The molecule has 0 saturated carbocycles. The van der Waals surface area contributed by atoms with Crippen LogP contribution in [-0.4, -0.2) is 44.2 Å². The van der Waals surface area contributed by atoms with Gasteiger partial charge in [-0.1, -0.05) is 24.3 Å². The van der Waals surface area contributed by atoms with Gasteiger partial charge in [0.25, 0.3) is 0 Å². The lowest BCUT2D eigenvalue weighted by atomic mass is 10.1. The number of cyclic esters (lactones) is 1. The van der Waals surface area contributed by atoms with Crippen LogP contribution in [0.1, 0.15) is 22.1 Å². The van der Waals surface area contributed by atoms with Crippen molar-refractivity contribution < 1.29 is 14.3 Å². The predicted octanol–water partition coefficient (Wildman–Crippen LogP) is 2.69. The largest absolute Gasteiger partial charge is 0.497 e. The molecule has 1 atom stereocenters. The molecule has 0 N–H and O–H groups in total. The fourth-order valence-electron chi connectivity index (χ4n) is 3.42. The van der Waals surface area contributed by atoms with E-state index in [2.05, 4.69) is 21.9 Å². The van der Waals surface area contributed by atoms with Crippen molar-refractivity contribution in [1.82, 2.24) is 4.90 Å². The van der Waals surface area contributed by atoms with E-state index in [0.717, 1.165) is 43.2 Å². The Morgan fingerprint density at radius 1 is 1.04 bits per heavy atom. The smallest absolute Gasteiger partial charge is 0.340 e. The number of carbonyl (C=O) groups excluding carboxylic acids is 1. The van der Waals surface area contributed by atoms with Gasteiger partial charge in [0.1, 0.15) is 5.75 Å². The Morgan fingerprint density at radius 2 is 1.83 bits per heavy atom. The van der Waals surface area contributed by atoms with Gasteiger partial charge >= 0.3 is 5.97 Å². The number of carbonyl (C=O) groups is 1. The highest BCUT2D eigenvalue weighted by atomic mass is 16.6. The van der Waals surface area contributed by atoms with Crippen molar-refractivity contribution in [2.75, 3.05) is 38.2 Å². The zero-order valence-corrected chi connectivity index (χ0v) is 13.6. The molecule has 4 rings (SSSR count). The number of hydrogen-bond acceptors (Lipinski definition) is 5. The first-order chi connectivity index (χ1) is 11.8.